The van der Waals surface area contributed by atoms with Crippen LogP contribution in [-0.2, 0) is 0 Å². The van der Waals surface area contributed by atoms with E-state index in [9.17, 15) is 4.79 Å². The molecule has 2 rings (SSSR count). The predicted molar refractivity (Wildman–Crippen MR) is 69.3 cm³/mol. The van der Waals surface area contributed by atoms with E-state index >= 15 is 0 Å². The van der Waals surface area contributed by atoms with Gasteiger partial charge in [-0.25, -0.2) is 0 Å². The third-order valence-corrected chi connectivity index (χ3v) is 3.41. The molecule has 1 aliphatic rings. The lowest BCUT2D eigenvalue weighted by Gasteiger charge is -2.25. The third kappa shape index (κ3) is 2.67. The molecule has 0 radical (unpaired) electrons. The van der Waals surface area contributed by atoms with Gasteiger partial charge in [0.2, 0.25) is 0 Å². The van der Waals surface area contributed by atoms with Crippen LogP contribution in [-0.4, -0.2) is 24.5 Å². The molecule has 17 heavy (non-hydrogen) atoms. The molecule has 3 nitrogen and oxygen atoms in total. The van der Waals surface area contributed by atoms with Gasteiger partial charge in [-0.3, -0.25) is 4.79 Å². The van der Waals surface area contributed by atoms with Crippen LogP contribution in [0.5, 0.6) is 0 Å². The topological polar surface area (TPSA) is 41.1 Å². The van der Waals surface area contributed by atoms with E-state index in [2.05, 4.69) is 17.6 Å². The Hall–Kier alpha value is -1.35. The van der Waals surface area contributed by atoms with Gasteiger partial charge >= 0.3 is 0 Å². The summed E-state index contributed by atoms with van der Waals surface area (Å²) >= 11 is 0. The Kier molecular flexibility index (Phi) is 3.20. The second-order valence-electron chi connectivity index (χ2n) is 5.26. The summed E-state index contributed by atoms with van der Waals surface area (Å²) in [5.41, 5.74) is 2.91. The summed E-state index contributed by atoms with van der Waals surface area (Å²) in [7, 11) is 0. The summed E-state index contributed by atoms with van der Waals surface area (Å²) < 4.78 is 0. The maximum atomic E-state index is 12.2. The third-order valence-electron chi connectivity index (χ3n) is 3.41. The average Bonchev–Trinajstić information content (AvgIpc) is 2.64. The van der Waals surface area contributed by atoms with E-state index in [0.717, 1.165) is 30.6 Å². The molecule has 1 unspecified atom stereocenters. The Morgan fingerprint density at radius 3 is 2.76 bits per heavy atom. The average molecular weight is 232 g/mol. The lowest BCUT2D eigenvalue weighted by Crippen LogP contribution is -2.47. The van der Waals surface area contributed by atoms with Crippen LogP contribution in [0.15, 0.2) is 18.2 Å². The second kappa shape index (κ2) is 4.49. The van der Waals surface area contributed by atoms with E-state index in [4.69, 9.17) is 0 Å². The molecule has 3 heteroatoms. The number of carbonyl (C=O) groups excluding carboxylic acids is 1. The summed E-state index contributed by atoms with van der Waals surface area (Å²) in [5.74, 6) is 0.0358. The molecule has 0 aliphatic carbocycles. The van der Waals surface area contributed by atoms with Crippen LogP contribution in [0.2, 0.25) is 0 Å². The molecule has 0 spiro atoms. The highest BCUT2D eigenvalue weighted by Crippen LogP contribution is 2.16. The molecule has 1 saturated heterocycles. The first-order chi connectivity index (χ1) is 8.00. The zero-order valence-electron chi connectivity index (χ0n) is 10.8. The van der Waals surface area contributed by atoms with Crippen molar-refractivity contribution in [3.63, 3.8) is 0 Å². The molecule has 1 atom stereocenters. The highest BCUT2D eigenvalue weighted by molar-refractivity contribution is 5.96. The highest BCUT2D eigenvalue weighted by atomic mass is 16.1. The minimum absolute atomic E-state index is 0.0358. The van der Waals surface area contributed by atoms with Crippen molar-refractivity contribution in [3.05, 3.63) is 34.9 Å². The van der Waals surface area contributed by atoms with E-state index in [0.29, 0.717) is 0 Å². The summed E-state index contributed by atoms with van der Waals surface area (Å²) in [5, 5.41) is 6.41. The summed E-state index contributed by atoms with van der Waals surface area (Å²) in [6.45, 7) is 7.94. The largest absolute Gasteiger partial charge is 0.346 e. The molecule has 1 fully saturated rings. The van der Waals surface area contributed by atoms with Gasteiger partial charge in [0.05, 0.1) is 5.54 Å². The van der Waals surface area contributed by atoms with Gasteiger partial charge in [0.1, 0.15) is 0 Å². The molecule has 1 aromatic rings. The fourth-order valence-electron chi connectivity index (χ4n) is 2.33. The number of rotatable bonds is 2. The number of nitrogens with one attached hydrogen (secondary N) is 2. The molecule has 0 saturated carbocycles. The number of hydrogen-bond donors (Lipinski definition) is 2. The van der Waals surface area contributed by atoms with E-state index in [1.807, 2.05) is 32.0 Å². The van der Waals surface area contributed by atoms with Gasteiger partial charge in [-0.15, -0.1) is 0 Å². The van der Waals surface area contributed by atoms with Crippen molar-refractivity contribution in [2.45, 2.75) is 32.7 Å². The SMILES string of the molecule is Cc1ccc(C(=O)NC2(C)CCNC2)c(C)c1. The molecule has 0 bridgehead atoms. The number of hydrogen-bond acceptors (Lipinski definition) is 2. The smallest absolute Gasteiger partial charge is 0.252 e. The number of carbonyl (C=O) groups is 1. The first kappa shape index (κ1) is 12.1. The zero-order chi connectivity index (χ0) is 12.5. The van der Waals surface area contributed by atoms with Crippen LogP contribution in [0.1, 0.15) is 34.8 Å². The Morgan fingerprint density at radius 2 is 2.18 bits per heavy atom. The molecular formula is C14H20N2O. The lowest BCUT2D eigenvalue weighted by molar-refractivity contribution is 0.0912. The molecule has 1 amide bonds. The van der Waals surface area contributed by atoms with E-state index in [1.54, 1.807) is 0 Å². The standard InChI is InChI=1S/C14H20N2O/c1-10-4-5-12(11(2)8-10)13(17)16-14(3)6-7-15-9-14/h4-5,8,15H,6-7,9H2,1-3H3,(H,16,17). The monoisotopic (exact) mass is 232 g/mol. The van der Waals surface area contributed by atoms with Gasteiger partial charge in [-0.2, -0.15) is 0 Å². The van der Waals surface area contributed by atoms with Crippen LogP contribution < -0.4 is 10.6 Å². The maximum absolute atomic E-state index is 12.2. The fourth-order valence-corrected chi connectivity index (χ4v) is 2.33. The molecule has 92 valence electrons. The first-order valence-corrected chi connectivity index (χ1v) is 6.11. The Morgan fingerprint density at radius 1 is 1.41 bits per heavy atom. The van der Waals surface area contributed by atoms with Gasteiger partial charge < -0.3 is 10.6 Å². The van der Waals surface area contributed by atoms with Crippen molar-refractivity contribution in [2.75, 3.05) is 13.1 Å². The maximum Gasteiger partial charge on any atom is 0.252 e. The molecular weight excluding hydrogens is 212 g/mol. The quantitative estimate of drug-likeness (QED) is 0.816. The molecule has 0 aromatic heterocycles. The van der Waals surface area contributed by atoms with Crippen molar-refractivity contribution in [1.82, 2.24) is 10.6 Å². The van der Waals surface area contributed by atoms with Gasteiger partial charge in [0.15, 0.2) is 0 Å². The zero-order valence-corrected chi connectivity index (χ0v) is 10.8. The van der Waals surface area contributed by atoms with Crippen LogP contribution in [0.25, 0.3) is 0 Å². The minimum Gasteiger partial charge on any atom is -0.346 e. The van der Waals surface area contributed by atoms with Gasteiger partial charge in [-0.1, -0.05) is 17.7 Å². The molecule has 1 aliphatic heterocycles. The number of benzene rings is 1. The minimum atomic E-state index is -0.103. The van der Waals surface area contributed by atoms with Gasteiger partial charge in [0.25, 0.3) is 5.91 Å². The van der Waals surface area contributed by atoms with Crippen LogP contribution in [0.3, 0.4) is 0 Å². The lowest BCUT2D eigenvalue weighted by atomic mass is 9.99. The first-order valence-electron chi connectivity index (χ1n) is 6.11. The Balaban J connectivity index is 2.14. The molecule has 1 heterocycles. The van der Waals surface area contributed by atoms with E-state index in [1.165, 1.54) is 5.56 Å². The van der Waals surface area contributed by atoms with E-state index < -0.39 is 0 Å². The summed E-state index contributed by atoms with van der Waals surface area (Å²) in [6, 6.07) is 5.94. The van der Waals surface area contributed by atoms with Crippen molar-refractivity contribution in [3.8, 4) is 0 Å². The molecule has 2 N–H and O–H groups in total. The Labute approximate surface area is 103 Å². The number of amides is 1. The highest BCUT2D eigenvalue weighted by Gasteiger charge is 2.30. The van der Waals surface area contributed by atoms with Crippen molar-refractivity contribution in [2.24, 2.45) is 0 Å². The number of aryl methyl sites for hydroxylation is 2. The second-order valence-corrected chi connectivity index (χ2v) is 5.26. The van der Waals surface area contributed by atoms with Crippen LogP contribution in [0.4, 0.5) is 0 Å². The Bertz CT molecular complexity index is 434. The summed E-state index contributed by atoms with van der Waals surface area (Å²) in [6.07, 6.45) is 0.990. The van der Waals surface area contributed by atoms with Crippen LogP contribution >= 0.6 is 0 Å². The van der Waals surface area contributed by atoms with Crippen molar-refractivity contribution < 1.29 is 4.79 Å². The van der Waals surface area contributed by atoms with Crippen molar-refractivity contribution >= 4 is 5.91 Å². The molecule has 1 aromatic carbocycles. The fraction of sp³-hybridized carbons (Fsp3) is 0.500. The normalized spacial score (nSPS) is 23.7. The van der Waals surface area contributed by atoms with Crippen molar-refractivity contribution in [1.29, 1.82) is 0 Å². The summed E-state index contributed by atoms with van der Waals surface area (Å²) in [4.78, 5) is 12.2. The van der Waals surface area contributed by atoms with Gasteiger partial charge in [0, 0.05) is 12.1 Å². The van der Waals surface area contributed by atoms with Crippen LogP contribution in [0, 0.1) is 13.8 Å². The van der Waals surface area contributed by atoms with E-state index in [-0.39, 0.29) is 11.4 Å². The predicted octanol–water partition coefficient (Wildman–Crippen LogP) is 1.79. The van der Waals surface area contributed by atoms with Gasteiger partial charge in [-0.05, 0) is 45.4 Å².